The lowest BCUT2D eigenvalue weighted by Gasteiger charge is -2.35. The van der Waals surface area contributed by atoms with Crippen LogP contribution in [0, 0.1) is 19.8 Å². The van der Waals surface area contributed by atoms with Crippen LogP contribution >= 0.6 is 0 Å². The lowest BCUT2D eigenvalue weighted by Crippen LogP contribution is -2.57. The van der Waals surface area contributed by atoms with Gasteiger partial charge in [-0.1, -0.05) is 0 Å². The second-order valence-corrected chi connectivity index (χ2v) is 7.87. The SMILES string of the molecule is Cc1cc2ncn(CC3CCN(C(=O)C4CCC(=O)NN4)CC3)c2cc1C. The average Bonchev–Trinajstić information content (AvgIpc) is 3.04. The van der Waals surface area contributed by atoms with Crippen LogP contribution in [0.25, 0.3) is 11.0 Å². The standard InChI is InChI=1S/C20H27N5O2/c1-13-9-17-18(10-14(13)2)25(12-21-17)11-15-5-7-24(8-6-15)20(27)16-3-4-19(26)23-22-16/h9-10,12,15-16,22H,3-8,11H2,1-2H3,(H,23,26). The van der Waals surface area contributed by atoms with Crippen molar-refractivity contribution in [2.24, 2.45) is 5.92 Å². The van der Waals surface area contributed by atoms with E-state index in [-0.39, 0.29) is 17.9 Å². The van der Waals surface area contributed by atoms with Gasteiger partial charge in [0.15, 0.2) is 0 Å². The summed E-state index contributed by atoms with van der Waals surface area (Å²) >= 11 is 0. The minimum atomic E-state index is -0.289. The van der Waals surface area contributed by atoms with E-state index in [4.69, 9.17) is 0 Å². The Bertz CT molecular complexity index is 857. The molecule has 0 aliphatic carbocycles. The molecule has 27 heavy (non-hydrogen) atoms. The summed E-state index contributed by atoms with van der Waals surface area (Å²) in [7, 11) is 0. The quantitative estimate of drug-likeness (QED) is 0.863. The van der Waals surface area contributed by atoms with E-state index >= 15 is 0 Å². The zero-order chi connectivity index (χ0) is 19.0. The molecular formula is C20H27N5O2. The number of nitrogens with one attached hydrogen (secondary N) is 2. The second-order valence-electron chi connectivity index (χ2n) is 7.87. The smallest absolute Gasteiger partial charge is 0.241 e. The molecule has 0 bridgehead atoms. The van der Waals surface area contributed by atoms with E-state index in [0.717, 1.165) is 38.0 Å². The number of aromatic nitrogens is 2. The molecule has 0 saturated carbocycles. The Morgan fingerprint density at radius 3 is 2.63 bits per heavy atom. The van der Waals surface area contributed by atoms with Crippen LogP contribution in [0.5, 0.6) is 0 Å². The number of nitrogens with zero attached hydrogens (tertiary/aromatic N) is 3. The van der Waals surface area contributed by atoms with Crippen LogP contribution in [0.15, 0.2) is 18.5 Å². The highest BCUT2D eigenvalue weighted by Gasteiger charge is 2.30. The molecule has 2 N–H and O–H groups in total. The van der Waals surface area contributed by atoms with Crippen molar-refractivity contribution in [1.82, 2.24) is 25.3 Å². The molecular weight excluding hydrogens is 342 g/mol. The lowest BCUT2D eigenvalue weighted by molar-refractivity contribution is -0.137. The summed E-state index contributed by atoms with van der Waals surface area (Å²) in [6, 6.07) is 4.08. The first-order valence-electron chi connectivity index (χ1n) is 9.76. The van der Waals surface area contributed by atoms with Gasteiger partial charge in [-0.15, -0.1) is 0 Å². The van der Waals surface area contributed by atoms with E-state index < -0.39 is 0 Å². The minimum Gasteiger partial charge on any atom is -0.341 e. The molecule has 1 atom stereocenters. The number of rotatable bonds is 3. The van der Waals surface area contributed by atoms with Crippen molar-refractivity contribution < 1.29 is 9.59 Å². The maximum absolute atomic E-state index is 12.6. The summed E-state index contributed by atoms with van der Waals surface area (Å²) in [4.78, 5) is 30.3. The van der Waals surface area contributed by atoms with Crippen molar-refractivity contribution in [2.75, 3.05) is 13.1 Å². The Hall–Kier alpha value is -2.41. The molecule has 2 aliphatic rings. The molecule has 2 fully saturated rings. The first kappa shape index (κ1) is 18.0. The average molecular weight is 369 g/mol. The molecule has 2 aromatic rings. The molecule has 7 nitrogen and oxygen atoms in total. The maximum atomic E-state index is 12.6. The molecule has 2 aliphatic heterocycles. The fraction of sp³-hybridized carbons (Fsp3) is 0.550. The number of benzene rings is 1. The maximum Gasteiger partial charge on any atom is 0.241 e. The topological polar surface area (TPSA) is 79.3 Å². The van der Waals surface area contributed by atoms with E-state index in [1.54, 1.807) is 0 Å². The molecule has 144 valence electrons. The van der Waals surface area contributed by atoms with Gasteiger partial charge in [0.25, 0.3) is 0 Å². The molecule has 2 saturated heterocycles. The van der Waals surface area contributed by atoms with Gasteiger partial charge in [-0.3, -0.25) is 15.0 Å². The van der Waals surface area contributed by atoms with Crippen molar-refractivity contribution in [2.45, 2.75) is 52.1 Å². The summed E-state index contributed by atoms with van der Waals surface area (Å²) in [5.74, 6) is 0.607. The van der Waals surface area contributed by atoms with Crippen molar-refractivity contribution in [3.63, 3.8) is 0 Å². The largest absolute Gasteiger partial charge is 0.341 e. The normalized spacial score (nSPS) is 21.5. The first-order valence-corrected chi connectivity index (χ1v) is 9.76. The second kappa shape index (κ2) is 7.31. The van der Waals surface area contributed by atoms with Crippen molar-refractivity contribution in [1.29, 1.82) is 0 Å². The Kier molecular flexibility index (Phi) is 4.86. The van der Waals surface area contributed by atoms with E-state index in [1.165, 1.54) is 16.6 Å². The van der Waals surface area contributed by atoms with Crippen molar-refractivity contribution >= 4 is 22.8 Å². The van der Waals surface area contributed by atoms with Crippen molar-refractivity contribution in [3.05, 3.63) is 29.6 Å². The highest BCUT2D eigenvalue weighted by molar-refractivity contribution is 5.85. The number of hydrogen-bond acceptors (Lipinski definition) is 4. The summed E-state index contributed by atoms with van der Waals surface area (Å²) in [6.07, 6.45) is 4.91. The Labute approximate surface area is 159 Å². The Morgan fingerprint density at radius 2 is 1.93 bits per heavy atom. The molecule has 1 aromatic carbocycles. The Morgan fingerprint density at radius 1 is 1.19 bits per heavy atom. The fourth-order valence-electron chi connectivity index (χ4n) is 4.06. The fourth-order valence-corrected chi connectivity index (χ4v) is 4.06. The van der Waals surface area contributed by atoms with E-state index in [1.807, 2.05) is 11.2 Å². The summed E-state index contributed by atoms with van der Waals surface area (Å²) in [5, 5.41) is 0. The first-order chi connectivity index (χ1) is 13.0. The molecule has 7 heteroatoms. The number of piperidine rings is 1. The predicted octanol–water partition coefficient (Wildman–Crippen LogP) is 1.67. The lowest BCUT2D eigenvalue weighted by atomic mass is 9.95. The summed E-state index contributed by atoms with van der Waals surface area (Å²) < 4.78 is 2.25. The highest BCUT2D eigenvalue weighted by atomic mass is 16.2. The van der Waals surface area contributed by atoms with Gasteiger partial charge in [0, 0.05) is 26.1 Å². The monoisotopic (exact) mass is 369 g/mol. The van der Waals surface area contributed by atoms with Crippen LogP contribution in [0.4, 0.5) is 0 Å². The van der Waals surface area contributed by atoms with Gasteiger partial charge in [0.2, 0.25) is 11.8 Å². The number of likely N-dealkylation sites (tertiary alicyclic amines) is 1. The zero-order valence-electron chi connectivity index (χ0n) is 16.0. The van der Waals surface area contributed by atoms with E-state index in [2.05, 4.69) is 46.4 Å². The Balaban J connectivity index is 1.35. The van der Waals surface area contributed by atoms with Gasteiger partial charge in [-0.25, -0.2) is 10.4 Å². The van der Waals surface area contributed by atoms with Crippen LogP contribution in [-0.4, -0.2) is 45.4 Å². The minimum absolute atomic E-state index is 0.0456. The van der Waals surface area contributed by atoms with Crippen molar-refractivity contribution in [3.8, 4) is 0 Å². The molecule has 1 unspecified atom stereocenters. The van der Waals surface area contributed by atoms with Gasteiger partial charge in [0.1, 0.15) is 6.04 Å². The van der Waals surface area contributed by atoms with E-state index in [9.17, 15) is 9.59 Å². The molecule has 0 spiro atoms. The van der Waals surface area contributed by atoms with Gasteiger partial charge in [-0.2, -0.15) is 0 Å². The summed E-state index contributed by atoms with van der Waals surface area (Å²) in [6.45, 7) is 6.75. The van der Waals surface area contributed by atoms with Gasteiger partial charge < -0.3 is 9.47 Å². The number of carbonyl (C=O) groups is 2. The summed E-state index contributed by atoms with van der Waals surface area (Å²) in [5.41, 5.74) is 10.2. The number of imidazole rings is 1. The zero-order valence-corrected chi connectivity index (χ0v) is 16.0. The number of amides is 2. The number of aryl methyl sites for hydroxylation is 2. The number of carbonyl (C=O) groups excluding carboxylic acids is 2. The number of hydrogen-bond donors (Lipinski definition) is 2. The molecule has 1 aromatic heterocycles. The van der Waals surface area contributed by atoms with Crippen LogP contribution in [0.3, 0.4) is 0 Å². The van der Waals surface area contributed by atoms with Crippen LogP contribution in [-0.2, 0) is 16.1 Å². The molecule has 3 heterocycles. The predicted molar refractivity (Wildman–Crippen MR) is 103 cm³/mol. The van der Waals surface area contributed by atoms with Gasteiger partial charge in [-0.05, 0) is 62.3 Å². The van der Waals surface area contributed by atoms with Crippen LogP contribution in [0.1, 0.15) is 36.8 Å². The highest BCUT2D eigenvalue weighted by Crippen LogP contribution is 2.24. The van der Waals surface area contributed by atoms with Crippen LogP contribution in [0.2, 0.25) is 0 Å². The molecule has 0 radical (unpaired) electrons. The molecule has 2 amide bonds. The third kappa shape index (κ3) is 3.69. The third-order valence-electron chi connectivity index (χ3n) is 5.96. The van der Waals surface area contributed by atoms with Gasteiger partial charge in [0.05, 0.1) is 17.4 Å². The number of hydrazine groups is 1. The molecule has 4 rings (SSSR count). The van der Waals surface area contributed by atoms with E-state index in [0.29, 0.717) is 18.8 Å². The van der Waals surface area contributed by atoms with Gasteiger partial charge >= 0.3 is 0 Å². The number of fused-ring (bicyclic) bond motifs is 1. The third-order valence-corrected chi connectivity index (χ3v) is 5.96. The van der Waals surface area contributed by atoms with Crippen LogP contribution < -0.4 is 10.9 Å².